The lowest BCUT2D eigenvalue weighted by molar-refractivity contribution is -0.674. The third-order valence-electron chi connectivity index (χ3n) is 4.72. The zero-order valence-electron chi connectivity index (χ0n) is 15.9. The summed E-state index contributed by atoms with van der Waals surface area (Å²) < 4.78 is 8.22. The Bertz CT molecular complexity index is 939. The molecule has 4 heteroatoms. The fourth-order valence-corrected chi connectivity index (χ4v) is 3.50. The number of hydrogen-bond donors (Lipinski definition) is 0. The average molecular weight is 370 g/mol. The van der Waals surface area contributed by atoms with Crippen LogP contribution in [0.2, 0.25) is 5.02 Å². The maximum atomic E-state index is 6.51. The average Bonchev–Trinajstić information content (AvgIpc) is 2.98. The molecular weight excluding hydrogens is 344 g/mol. The summed E-state index contributed by atoms with van der Waals surface area (Å²) in [7, 11) is 0. The van der Waals surface area contributed by atoms with Gasteiger partial charge in [0.2, 0.25) is 5.58 Å². The first-order valence-corrected chi connectivity index (χ1v) is 9.60. The van der Waals surface area contributed by atoms with Gasteiger partial charge in [-0.2, -0.15) is 4.57 Å². The van der Waals surface area contributed by atoms with Crippen LogP contribution >= 0.6 is 11.6 Å². The van der Waals surface area contributed by atoms with Gasteiger partial charge in [-0.05, 0) is 63.1 Å². The minimum absolute atomic E-state index is 0.751. The van der Waals surface area contributed by atoms with Crippen molar-refractivity contribution < 1.29 is 8.98 Å². The molecule has 0 saturated carbocycles. The standard InChI is InChI=1S/C22H26ClN2O/c1-5-24(6-2)18-11-9-17(19(23)15-18)10-13-22-25(7-3)20-12-8-16(4)14-21(20)26-22/h8-15H,5-7H2,1-4H3/q+1. The zero-order valence-corrected chi connectivity index (χ0v) is 16.7. The fourth-order valence-electron chi connectivity index (χ4n) is 3.26. The van der Waals surface area contributed by atoms with Crippen molar-refractivity contribution in [1.29, 1.82) is 0 Å². The van der Waals surface area contributed by atoms with Gasteiger partial charge in [0.1, 0.15) is 6.54 Å². The molecule has 0 spiro atoms. The van der Waals surface area contributed by atoms with Crippen LogP contribution in [0.25, 0.3) is 23.3 Å². The van der Waals surface area contributed by atoms with Gasteiger partial charge in [-0.1, -0.05) is 23.7 Å². The van der Waals surface area contributed by atoms with E-state index in [0.717, 1.165) is 52.9 Å². The molecule has 136 valence electrons. The van der Waals surface area contributed by atoms with Gasteiger partial charge in [0.05, 0.1) is 6.08 Å². The molecule has 0 aliphatic carbocycles. The number of nitrogens with zero attached hydrogens (tertiary/aromatic N) is 2. The van der Waals surface area contributed by atoms with E-state index in [1.54, 1.807) is 0 Å². The lowest BCUT2D eigenvalue weighted by atomic mass is 10.1. The molecule has 1 heterocycles. The quantitative estimate of drug-likeness (QED) is 0.518. The zero-order chi connectivity index (χ0) is 18.7. The summed E-state index contributed by atoms with van der Waals surface area (Å²) in [5.74, 6) is 0.831. The molecular formula is C22H26ClN2O+. The Hall–Kier alpha value is -2.26. The van der Waals surface area contributed by atoms with Crippen molar-refractivity contribution in [2.45, 2.75) is 34.2 Å². The second-order valence-electron chi connectivity index (χ2n) is 6.37. The van der Waals surface area contributed by atoms with Gasteiger partial charge in [-0.25, -0.2) is 0 Å². The summed E-state index contributed by atoms with van der Waals surface area (Å²) in [5, 5.41) is 0.751. The molecule has 1 aromatic heterocycles. The largest absolute Gasteiger partial charge is 0.398 e. The lowest BCUT2D eigenvalue weighted by Gasteiger charge is -2.21. The van der Waals surface area contributed by atoms with Gasteiger partial charge in [0.15, 0.2) is 0 Å². The monoisotopic (exact) mass is 369 g/mol. The maximum absolute atomic E-state index is 6.51. The van der Waals surface area contributed by atoms with E-state index < -0.39 is 0 Å². The first-order valence-electron chi connectivity index (χ1n) is 9.22. The highest BCUT2D eigenvalue weighted by atomic mass is 35.5. The predicted octanol–water partition coefficient (Wildman–Crippen LogP) is 5.72. The Balaban J connectivity index is 1.94. The molecule has 0 bridgehead atoms. The minimum Gasteiger partial charge on any atom is -0.398 e. The third-order valence-corrected chi connectivity index (χ3v) is 5.05. The van der Waals surface area contributed by atoms with Crippen LogP contribution in [0, 0.1) is 6.92 Å². The van der Waals surface area contributed by atoms with Crippen molar-refractivity contribution in [2.75, 3.05) is 18.0 Å². The summed E-state index contributed by atoms with van der Waals surface area (Å²) in [6.07, 6.45) is 4.02. The number of oxazole rings is 1. The second kappa shape index (κ2) is 7.96. The van der Waals surface area contributed by atoms with E-state index in [2.05, 4.69) is 67.5 Å². The van der Waals surface area contributed by atoms with Crippen molar-refractivity contribution in [3.63, 3.8) is 0 Å². The van der Waals surface area contributed by atoms with Crippen LogP contribution < -0.4 is 9.47 Å². The number of rotatable bonds is 6. The van der Waals surface area contributed by atoms with Crippen molar-refractivity contribution in [3.05, 3.63) is 58.4 Å². The van der Waals surface area contributed by atoms with E-state index in [1.165, 1.54) is 5.56 Å². The number of hydrogen-bond acceptors (Lipinski definition) is 2. The first kappa shape index (κ1) is 18.5. The van der Waals surface area contributed by atoms with Crippen LogP contribution in [0.1, 0.15) is 37.8 Å². The summed E-state index contributed by atoms with van der Waals surface area (Å²) in [6.45, 7) is 11.3. The topological polar surface area (TPSA) is 20.3 Å². The normalized spacial score (nSPS) is 11.6. The summed E-state index contributed by atoms with van der Waals surface area (Å²) in [5.41, 5.74) is 5.36. The summed E-state index contributed by atoms with van der Waals surface area (Å²) in [4.78, 5) is 2.28. The van der Waals surface area contributed by atoms with E-state index >= 15 is 0 Å². The van der Waals surface area contributed by atoms with Gasteiger partial charge < -0.3 is 9.32 Å². The highest BCUT2D eigenvalue weighted by Gasteiger charge is 2.18. The maximum Gasteiger partial charge on any atom is 0.374 e. The van der Waals surface area contributed by atoms with Crippen molar-refractivity contribution in [2.24, 2.45) is 0 Å². The predicted molar refractivity (Wildman–Crippen MR) is 111 cm³/mol. The Morgan fingerprint density at radius 1 is 1.04 bits per heavy atom. The van der Waals surface area contributed by atoms with Gasteiger partial charge in [0, 0.05) is 29.9 Å². The number of anilines is 1. The number of halogens is 1. The third kappa shape index (κ3) is 3.63. The summed E-state index contributed by atoms with van der Waals surface area (Å²) in [6, 6.07) is 12.5. The molecule has 0 saturated heterocycles. The van der Waals surface area contributed by atoms with Crippen molar-refractivity contribution in [1.82, 2.24) is 0 Å². The van der Waals surface area contributed by atoms with E-state index in [0.29, 0.717) is 0 Å². The molecule has 0 atom stereocenters. The molecule has 0 radical (unpaired) electrons. The molecule has 0 N–H and O–H groups in total. The Kier molecular flexibility index (Phi) is 5.67. The molecule has 3 aromatic rings. The highest BCUT2D eigenvalue weighted by molar-refractivity contribution is 6.32. The molecule has 0 aliphatic rings. The molecule has 0 amide bonds. The van der Waals surface area contributed by atoms with Crippen LogP contribution in [0.5, 0.6) is 0 Å². The number of benzene rings is 2. The fraction of sp³-hybridized carbons (Fsp3) is 0.318. The van der Waals surface area contributed by atoms with Gasteiger partial charge >= 0.3 is 5.89 Å². The van der Waals surface area contributed by atoms with E-state index in [-0.39, 0.29) is 0 Å². The van der Waals surface area contributed by atoms with E-state index in [4.69, 9.17) is 16.0 Å². The second-order valence-corrected chi connectivity index (χ2v) is 6.77. The van der Waals surface area contributed by atoms with Gasteiger partial charge in [-0.15, -0.1) is 0 Å². The Morgan fingerprint density at radius 3 is 2.46 bits per heavy atom. The molecule has 0 aliphatic heterocycles. The van der Waals surface area contributed by atoms with Gasteiger partial charge in [-0.3, -0.25) is 0 Å². The molecule has 3 rings (SSSR count). The first-order chi connectivity index (χ1) is 12.6. The van der Waals surface area contributed by atoms with Crippen molar-refractivity contribution in [3.8, 4) is 0 Å². The molecule has 2 aromatic carbocycles. The summed E-state index contributed by atoms with van der Waals surface area (Å²) >= 11 is 6.51. The van der Waals surface area contributed by atoms with Crippen LogP contribution in [0.4, 0.5) is 5.69 Å². The van der Waals surface area contributed by atoms with Crippen LogP contribution in [0.15, 0.2) is 40.8 Å². The number of aryl methyl sites for hydroxylation is 2. The smallest absolute Gasteiger partial charge is 0.374 e. The molecule has 3 nitrogen and oxygen atoms in total. The van der Waals surface area contributed by atoms with E-state index in [1.807, 2.05) is 18.2 Å². The van der Waals surface area contributed by atoms with Crippen LogP contribution in [-0.2, 0) is 6.54 Å². The van der Waals surface area contributed by atoms with Crippen LogP contribution in [0.3, 0.4) is 0 Å². The van der Waals surface area contributed by atoms with Crippen molar-refractivity contribution >= 4 is 40.5 Å². The van der Waals surface area contributed by atoms with Crippen LogP contribution in [-0.4, -0.2) is 13.1 Å². The number of fused-ring (bicyclic) bond motifs is 1. The Morgan fingerprint density at radius 2 is 1.81 bits per heavy atom. The molecule has 0 fully saturated rings. The minimum atomic E-state index is 0.751. The SMILES string of the molecule is CCN(CC)c1ccc(/C=C/c2oc3cc(C)ccc3[n+]2CC)c(Cl)c1. The highest BCUT2D eigenvalue weighted by Crippen LogP contribution is 2.25. The van der Waals surface area contributed by atoms with E-state index in [9.17, 15) is 0 Å². The number of aromatic nitrogens is 1. The lowest BCUT2D eigenvalue weighted by Crippen LogP contribution is -2.33. The van der Waals surface area contributed by atoms with Gasteiger partial charge in [0.25, 0.3) is 5.52 Å². The molecule has 0 unspecified atom stereocenters. The Labute approximate surface area is 160 Å². The molecule has 26 heavy (non-hydrogen) atoms.